The van der Waals surface area contributed by atoms with Gasteiger partial charge in [-0.25, -0.2) is 0 Å². The number of ether oxygens (including phenoxy) is 1. The van der Waals surface area contributed by atoms with Gasteiger partial charge in [0.2, 0.25) is 0 Å². The maximum atomic E-state index is 13.7. The molecule has 12 heteroatoms. The zero-order valence-corrected chi connectivity index (χ0v) is 19.8. The van der Waals surface area contributed by atoms with Gasteiger partial charge in [-0.1, -0.05) is 17.7 Å². The SMILES string of the molecule is CN(C(=O)c1ccc(Cl)c(-c2c(C#N)ccnc2C(F)(F)F)c1)c1c(C#N)cccc1OCCC(=O)O. The van der Waals surface area contributed by atoms with Crippen molar-refractivity contribution in [3.05, 3.63) is 76.1 Å². The molecule has 0 fully saturated rings. The second-order valence-electron chi connectivity index (χ2n) is 7.51. The Bertz CT molecular complexity index is 1460. The summed E-state index contributed by atoms with van der Waals surface area (Å²) in [4.78, 5) is 28.7. The van der Waals surface area contributed by atoms with Gasteiger partial charge in [0.1, 0.15) is 17.5 Å². The summed E-state index contributed by atoms with van der Waals surface area (Å²) in [5.41, 5.74) is -2.52. The number of rotatable bonds is 7. The Labute approximate surface area is 213 Å². The van der Waals surface area contributed by atoms with E-state index in [-0.39, 0.29) is 51.7 Å². The average Bonchev–Trinajstić information content (AvgIpc) is 2.86. The largest absolute Gasteiger partial charge is 0.491 e. The smallest absolute Gasteiger partial charge is 0.434 e. The third-order valence-electron chi connectivity index (χ3n) is 5.16. The molecule has 1 amide bonds. The van der Waals surface area contributed by atoms with Crippen LogP contribution >= 0.6 is 11.6 Å². The number of nitriles is 2. The second-order valence-corrected chi connectivity index (χ2v) is 7.91. The zero-order chi connectivity index (χ0) is 27.3. The molecule has 2 aromatic carbocycles. The molecule has 1 N–H and O–H groups in total. The first-order chi connectivity index (χ1) is 17.5. The first-order valence-corrected chi connectivity index (χ1v) is 10.8. The van der Waals surface area contributed by atoms with Gasteiger partial charge in [0, 0.05) is 35.0 Å². The summed E-state index contributed by atoms with van der Waals surface area (Å²) in [6, 6.07) is 12.7. The van der Waals surface area contributed by atoms with Crippen LogP contribution in [0.5, 0.6) is 5.75 Å². The van der Waals surface area contributed by atoms with Gasteiger partial charge < -0.3 is 14.7 Å². The van der Waals surface area contributed by atoms with Crippen molar-refractivity contribution >= 4 is 29.2 Å². The minimum Gasteiger partial charge on any atom is -0.491 e. The van der Waals surface area contributed by atoms with E-state index in [9.17, 15) is 33.3 Å². The fourth-order valence-electron chi connectivity index (χ4n) is 3.51. The number of amides is 1. The number of carboxylic acids is 1. The van der Waals surface area contributed by atoms with Crippen LogP contribution in [-0.2, 0) is 11.0 Å². The Morgan fingerprint density at radius 1 is 1.14 bits per heavy atom. The molecule has 0 aliphatic carbocycles. The number of carbonyl (C=O) groups is 2. The lowest BCUT2D eigenvalue weighted by Crippen LogP contribution is -2.28. The lowest BCUT2D eigenvalue weighted by atomic mass is 9.96. The molecule has 0 radical (unpaired) electrons. The summed E-state index contributed by atoms with van der Waals surface area (Å²) >= 11 is 6.20. The molecule has 8 nitrogen and oxygen atoms in total. The Balaban J connectivity index is 2.11. The molecule has 0 spiro atoms. The number of anilines is 1. The molecule has 188 valence electrons. The summed E-state index contributed by atoms with van der Waals surface area (Å²) in [5, 5.41) is 27.7. The summed E-state index contributed by atoms with van der Waals surface area (Å²) in [6.45, 7) is -0.234. The molecule has 0 bridgehead atoms. The van der Waals surface area contributed by atoms with E-state index in [4.69, 9.17) is 21.4 Å². The molecular formula is C25H16ClF3N4O4. The number of benzene rings is 2. The minimum atomic E-state index is -4.91. The summed E-state index contributed by atoms with van der Waals surface area (Å²) in [6.07, 6.45) is -4.38. The predicted molar refractivity (Wildman–Crippen MR) is 126 cm³/mol. The van der Waals surface area contributed by atoms with Crippen LogP contribution in [0.25, 0.3) is 11.1 Å². The molecule has 1 heterocycles. The van der Waals surface area contributed by atoms with Crippen molar-refractivity contribution in [2.45, 2.75) is 12.6 Å². The van der Waals surface area contributed by atoms with E-state index in [1.165, 1.54) is 37.4 Å². The van der Waals surface area contributed by atoms with Crippen molar-refractivity contribution in [3.8, 4) is 29.0 Å². The van der Waals surface area contributed by atoms with Gasteiger partial charge in [0.15, 0.2) is 5.69 Å². The molecule has 0 atom stereocenters. The van der Waals surface area contributed by atoms with Crippen molar-refractivity contribution in [3.63, 3.8) is 0 Å². The maximum Gasteiger partial charge on any atom is 0.434 e. The molecule has 0 saturated heterocycles. The van der Waals surface area contributed by atoms with Crippen LogP contribution in [0.3, 0.4) is 0 Å². The number of nitrogens with zero attached hydrogens (tertiary/aromatic N) is 4. The molecule has 3 rings (SSSR count). The van der Waals surface area contributed by atoms with E-state index in [2.05, 4.69) is 4.98 Å². The number of aromatic nitrogens is 1. The normalized spacial score (nSPS) is 10.8. The lowest BCUT2D eigenvalue weighted by molar-refractivity contribution is -0.140. The van der Waals surface area contributed by atoms with Crippen LogP contribution in [-0.4, -0.2) is 35.6 Å². The Kier molecular flexibility index (Phi) is 8.01. The number of alkyl halides is 3. The van der Waals surface area contributed by atoms with Gasteiger partial charge in [-0.05, 0) is 36.4 Å². The van der Waals surface area contributed by atoms with Gasteiger partial charge in [-0.3, -0.25) is 14.6 Å². The molecule has 0 saturated carbocycles. The highest BCUT2D eigenvalue weighted by Gasteiger charge is 2.37. The predicted octanol–water partition coefficient (Wildman–Crippen LogP) is 5.29. The number of hydrogen-bond acceptors (Lipinski definition) is 6. The Morgan fingerprint density at radius 3 is 2.46 bits per heavy atom. The summed E-state index contributed by atoms with van der Waals surface area (Å²) in [7, 11) is 1.32. The number of pyridine rings is 1. The molecule has 0 unspecified atom stereocenters. The third-order valence-corrected chi connectivity index (χ3v) is 5.49. The second kappa shape index (κ2) is 11.0. The molecular weight excluding hydrogens is 513 g/mol. The average molecular weight is 529 g/mol. The highest BCUT2D eigenvalue weighted by molar-refractivity contribution is 6.33. The highest BCUT2D eigenvalue weighted by atomic mass is 35.5. The first kappa shape index (κ1) is 27.0. The van der Waals surface area contributed by atoms with Crippen LogP contribution in [0.4, 0.5) is 18.9 Å². The standard InChI is InChI=1S/C25H16ClF3N4O4/c1-33(22-16(13-31)3-2-4-19(22)37-10-8-20(34)35)24(36)14-5-6-18(26)17(11-14)21-15(12-30)7-9-32-23(21)25(27,28)29/h2-7,9,11H,8,10H2,1H3,(H,34,35). The maximum absolute atomic E-state index is 13.7. The van der Waals surface area contributed by atoms with Crippen molar-refractivity contribution < 1.29 is 32.6 Å². The molecule has 0 aliphatic rings. The monoisotopic (exact) mass is 528 g/mol. The number of carboxylic acid groups (broad SMARTS) is 1. The van der Waals surface area contributed by atoms with E-state index < -0.39 is 29.3 Å². The number of para-hydroxylation sites is 1. The van der Waals surface area contributed by atoms with E-state index in [1.54, 1.807) is 6.07 Å². The van der Waals surface area contributed by atoms with Crippen LogP contribution < -0.4 is 9.64 Å². The van der Waals surface area contributed by atoms with Crippen LogP contribution in [0.2, 0.25) is 5.02 Å². The fraction of sp³-hybridized carbons (Fsp3) is 0.160. The molecule has 1 aromatic heterocycles. The topological polar surface area (TPSA) is 127 Å². The zero-order valence-electron chi connectivity index (χ0n) is 19.0. The van der Waals surface area contributed by atoms with E-state index >= 15 is 0 Å². The van der Waals surface area contributed by atoms with Gasteiger partial charge in [-0.2, -0.15) is 23.7 Å². The first-order valence-electron chi connectivity index (χ1n) is 10.4. The quantitative estimate of drug-likeness (QED) is 0.441. The lowest BCUT2D eigenvalue weighted by Gasteiger charge is -2.22. The van der Waals surface area contributed by atoms with Crippen molar-refractivity contribution in [2.24, 2.45) is 0 Å². The van der Waals surface area contributed by atoms with Gasteiger partial charge in [-0.15, -0.1) is 0 Å². The van der Waals surface area contributed by atoms with Crippen molar-refractivity contribution in [2.75, 3.05) is 18.6 Å². The number of hydrogen-bond donors (Lipinski definition) is 1. The highest BCUT2D eigenvalue weighted by Crippen LogP contribution is 2.41. The summed E-state index contributed by atoms with van der Waals surface area (Å²) < 4.78 is 46.6. The number of carbonyl (C=O) groups excluding carboxylic acids is 1. The molecule has 37 heavy (non-hydrogen) atoms. The Morgan fingerprint density at radius 2 is 1.84 bits per heavy atom. The fourth-order valence-corrected chi connectivity index (χ4v) is 3.72. The van der Waals surface area contributed by atoms with Crippen molar-refractivity contribution in [1.82, 2.24) is 4.98 Å². The number of aliphatic carboxylic acids is 1. The van der Waals surface area contributed by atoms with E-state index in [0.717, 1.165) is 23.2 Å². The van der Waals surface area contributed by atoms with Gasteiger partial charge in [0.05, 0.1) is 30.2 Å². The van der Waals surface area contributed by atoms with Gasteiger partial charge >= 0.3 is 12.1 Å². The van der Waals surface area contributed by atoms with E-state index in [0.29, 0.717) is 0 Å². The molecule has 0 aliphatic heterocycles. The van der Waals surface area contributed by atoms with Crippen LogP contribution in [0.1, 0.15) is 33.6 Å². The van der Waals surface area contributed by atoms with Crippen molar-refractivity contribution in [1.29, 1.82) is 10.5 Å². The van der Waals surface area contributed by atoms with Crippen LogP contribution in [0, 0.1) is 22.7 Å². The Hall–Kier alpha value is -4.61. The summed E-state index contributed by atoms with van der Waals surface area (Å²) in [5.74, 6) is -1.79. The van der Waals surface area contributed by atoms with E-state index in [1.807, 2.05) is 6.07 Å². The minimum absolute atomic E-state index is 0.0342. The third kappa shape index (κ3) is 5.80. The van der Waals surface area contributed by atoms with Crippen LogP contribution in [0.15, 0.2) is 48.7 Å². The number of halogens is 4. The molecule has 3 aromatic rings. The van der Waals surface area contributed by atoms with Gasteiger partial charge in [0.25, 0.3) is 5.91 Å².